The first kappa shape index (κ1) is 18.1. The van der Waals surface area contributed by atoms with Gasteiger partial charge < -0.3 is 15.0 Å². The van der Waals surface area contributed by atoms with Crippen LogP contribution in [0.2, 0.25) is 0 Å². The first-order valence-corrected chi connectivity index (χ1v) is 7.71. The lowest BCUT2D eigenvalue weighted by Gasteiger charge is -2.20. The van der Waals surface area contributed by atoms with Crippen molar-refractivity contribution in [1.29, 1.82) is 0 Å². The fourth-order valence-corrected chi connectivity index (χ4v) is 2.33. The molecule has 9 heteroatoms. The fraction of sp³-hybridized carbons (Fsp3) is 0.312. The second-order valence-electron chi connectivity index (χ2n) is 5.02. The van der Waals surface area contributed by atoms with Crippen molar-refractivity contribution < 1.29 is 14.5 Å². The highest BCUT2D eigenvalue weighted by atomic mass is 16.6. The maximum absolute atomic E-state index is 11.5. The molecule has 9 nitrogen and oxygen atoms in total. The Bertz CT molecular complexity index is 760. The molecule has 0 saturated carbocycles. The molecule has 0 bridgehead atoms. The van der Waals surface area contributed by atoms with Crippen LogP contribution in [0.25, 0.3) is 0 Å². The molecule has 132 valence electrons. The number of carbonyl (C=O) groups is 1. The Labute approximate surface area is 144 Å². The van der Waals surface area contributed by atoms with Crippen molar-refractivity contribution in [3.05, 3.63) is 46.3 Å². The summed E-state index contributed by atoms with van der Waals surface area (Å²) in [5.74, 6) is -0.102. The molecular weight excluding hydrogens is 326 g/mol. The monoisotopic (exact) mass is 345 g/mol. The Morgan fingerprint density at radius 3 is 2.40 bits per heavy atom. The van der Waals surface area contributed by atoms with E-state index in [-0.39, 0.29) is 17.3 Å². The summed E-state index contributed by atoms with van der Waals surface area (Å²) >= 11 is 0. The first-order chi connectivity index (χ1) is 12.0. The predicted octanol–water partition coefficient (Wildman–Crippen LogP) is 2.76. The molecule has 0 fully saturated rings. The quantitative estimate of drug-likeness (QED) is 0.463. The van der Waals surface area contributed by atoms with Crippen LogP contribution in [0.15, 0.2) is 30.6 Å². The van der Waals surface area contributed by atoms with Crippen LogP contribution in [0.5, 0.6) is 0 Å². The van der Waals surface area contributed by atoms with Gasteiger partial charge in [0, 0.05) is 18.8 Å². The zero-order valence-electron chi connectivity index (χ0n) is 14.2. The maximum atomic E-state index is 11.5. The second-order valence-corrected chi connectivity index (χ2v) is 5.02. The number of benzene rings is 1. The van der Waals surface area contributed by atoms with Crippen LogP contribution < -0.4 is 10.2 Å². The SMILES string of the molecule is CCN(CC)c1ncnc(Nc2ccc(C(=O)OC)cc2)c1[N+](=O)[O-]. The number of methoxy groups -OCH3 is 1. The van der Waals surface area contributed by atoms with Gasteiger partial charge >= 0.3 is 11.7 Å². The van der Waals surface area contributed by atoms with E-state index >= 15 is 0 Å². The molecule has 0 spiro atoms. The Kier molecular flexibility index (Phi) is 5.83. The lowest BCUT2D eigenvalue weighted by Crippen LogP contribution is -2.24. The minimum Gasteiger partial charge on any atom is -0.465 e. The van der Waals surface area contributed by atoms with E-state index in [9.17, 15) is 14.9 Å². The minimum absolute atomic E-state index is 0.0905. The molecule has 0 aliphatic carbocycles. The molecule has 0 unspecified atom stereocenters. The van der Waals surface area contributed by atoms with Gasteiger partial charge in [-0.15, -0.1) is 0 Å². The molecule has 2 aromatic rings. The van der Waals surface area contributed by atoms with Crippen LogP contribution in [-0.2, 0) is 4.74 Å². The van der Waals surface area contributed by atoms with Crippen molar-refractivity contribution in [2.24, 2.45) is 0 Å². The maximum Gasteiger partial charge on any atom is 0.353 e. The van der Waals surface area contributed by atoms with Crippen molar-refractivity contribution in [2.75, 3.05) is 30.4 Å². The summed E-state index contributed by atoms with van der Waals surface area (Å²) in [5.41, 5.74) is 0.747. The van der Waals surface area contributed by atoms with Gasteiger partial charge in [-0.05, 0) is 38.1 Å². The Hall–Kier alpha value is -3.23. The van der Waals surface area contributed by atoms with Crippen molar-refractivity contribution in [1.82, 2.24) is 9.97 Å². The number of nitrogens with zero attached hydrogens (tertiary/aromatic N) is 4. The van der Waals surface area contributed by atoms with Gasteiger partial charge in [0.05, 0.1) is 17.6 Å². The molecule has 2 rings (SSSR count). The van der Waals surface area contributed by atoms with Crippen molar-refractivity contribution in [3.63, 3.8) is 0 Å². The summed E-state index contributed by atoms with van der Waals surface area (Å²) in [5, 5.41) is 14.5. The molecule has 0 aliphatic rings. The molecular formula is C16H19N5O4. The van der Waals surface area contributed by atoms with Gasteiger partial charge in [0.15, 0.2) is 0 Å². The van der Waals surface area contributed by atoms with Gasteiger partial charge in [-0.2, -0.15) is 0 Å². The highest BCUT2D eigenvalue weighted by Crippen LogP contribution is 2.33. The zero-order chi connectivity index (χ0) is 18.4. The number of carbonyl (C=O) groups excluding carboxylic acids is 1. The zero-order valence-corrected chi connectivity index (χ0v) is 14.2. The number of hydrogen-bond donors (Lipinski definition) is 1. The van der Waals surface area contributed by atoms with Crippen LogP contribution >= 0.6 is 0 Å². The number of rotatable bonds is 7. The van der Waals surface area contributed by atoms with Crippen LogP contribution in [0.1, 0.15) is 24.2 Å². The highest BCUT2D eigenvalue weighted by molar-refractivity contribution is 5.89. The molecule has 0 aliphatic heterocycles. The molecule has 25 heavy (non-hydrogen) atoms. The van der Waals surface area contributed by atoms with Gasteiger partial charge in [-0.3, -0.25) is 10.1 Å². The number of esters is 1. The Morgan fingerprint density at radius 2 is 1.88 bits per heavy atom. The van der Waals surface area contributed by atoms with Crippen LogP contribution in [0.4, 0.5) is 23.0 Å². The number of anilines is 3. The highest BCUT2D eigenvalue weighted by Gasteiger charge is 2.26. The van der Waals surface area contributed by atoms with Crippen LogP contribution in [0.3, 0.4) is 0 Å². The van der Waals surface area contributed by atoms with Gasteiger partial charge in [0.2, 0.25) is 11.6 Å². The van der Waals surface area contributed by atoms with E-state index in [1.54, 1.807) is 29.2 Å². The molecule has 1 aromatic carbocycles. The van der Waals surface area contributed by atoms with E-state index in [0.29, 0.717) is 24.3 Å². The molecule has 1 N–H and O–H groups in total. The molecule has 1 heterocycles. The molecule has 0 saturated heterocycles. The number of nitrogens with one attached hydrogen (secondary N) is 1. The van der Waals surface area contributed by atoms with Gasteiger partial charge in [0.25, 0.3) is 0 Å². The Balaban J connectivity index is 2.37. The van der Waals surface area contributed by atoms with Crippen molar-refractivity contribution in [2.45, 2.75) is 13.8 Å². The topological polar surface area (TPSA) is 110 Å². The van der Waals surface area contributed by atoms with Gasteiger partial charge in [-0.1, -0.05) is 0 Å². The summed E-state index contributed by atoms with van der Waals surface area (Å²) in [6, 6.07) is 6.36. The van der Waals surface area contributed by atoms with Crippen LogP contribution in [-0.4, -0.2) is 41.1 Å². The third-order valence-electron chi connectivity index (χ3n) is 3.62. The second kappa shape index (κ2) is 8.04. The molecule has 1 aromatic heterocycles. The Morgan fingerprint density at radius 1 is 1.24 bits per heavy atom. The summed E-state index contributed by atoms with van der Waals surface area (Å²) in [7, 11) is 1.30. The van der Waals surface area contributed by atoms with E-state index in [2.05, 4.69) is 20.0 Å². The van der Waals surface area contributed by atoms with E-state index in [1.807, 2.05) is 13.8 Å². The average Bonchev–Trinajstić information content (AvgIpc) is 2.62. The summed E-state index contributed by atoms with van der Waals surface area (Å²) in [4.78, 5) is 32.3. The van der Waals surface area contributed by atoms with E-state index in [0.717, 1.165) is 0 Å². The lowest BCUT2D eigenvalue weighted by atomic mass is 10.2. The third kappa shape index (κ3) is 4.00. The van der Waals surface area contributed by atoms with E-state index in [1.165, 1.54) is 13.4 Å². The van der Waals surface area contributed by atoms with Crippen LogP contribution in [0, 0.1) is 10.1 Å². The normalized spacial score (nSPS) is 10.2. The smallest absolute Gasteiger partial charge is 0.353 e. The number of aromatic nitrogens is 2. The molecule has 0 radical (unpaired) electrons. The lowest BCUT2D eigenvalue weighted by molar-refractivity contribution is -0.383. The number of ether oxygens (including phenoxy) is 1. The summed E-state index contributed by atoms with van der Waals surface area (Å²) in [6.07, 6.45) is 1.28. The molecule has 0 amide bonds. The first-order valence-electron chi connectivity index (χ1n) is 7.71. The van der Waals surface area contributed by atoms with Crippen molar-refractivity contribution in [3.8, 4) is 0 Å². The minimum atomic E-state index is -0.501. The average molecular weight is 345 g/mol. The standard InChI is InChI=1S/C16H19N5O4/c1-4-20(5-2)15-13(21(23)24)14(17-10-18-15)19-12-8-6-11(7-9-12)16(22)25-3/h6-10H,4-5H2,1-3H3,(H,17,18,19). The van der Waals surface area contributed by atoms with Crippen molar-refractivity contribution >= 4 is 29.0 Å². The fourth-order valence-electron chi connectivity index (χ4n) is 2.33. The van der Waals surface area contributed by atoms with E-state index in [4.69, 9.17) is 0 Å². The number of hydrogen-bond acceptors (Lipinski definition) is 8. The predicted molar refractivity (Wildman–Crippen MR) is 93.3 cm³/mol. The number of nitro groups is 1. The van der Waals surface area contributed by atoms with Gasteiger partial charge in [-0.25, -0.2) is 14.8 Å². The largest absolute Gasteiger partial charge is 0.465 e. The van der Waals surface area contributed by atoms with E-state index < -0.39 is 10.9 Å². The van der Waals surface area contributed by atoms with Gasteiger partial charge in [0.1, 0.15) is 6.33 Å². The molecule has 0 atom stereocenters. The summed E-state index contributed by atoms with van der Waals surface area (Å²) in [6.45, 7) is 4.96. The summed E-state index contributed by atoms with van der Waals surface area (Å²) < 4.78 is 4.64. The third-order valence-corrected chi connectivity index (χ3v) is 3.62.